The van der Waals surface area contributed by atoms with Crippen molar-refractivity contribution in [1.82, 2.24) is 0 Å². The number of para-hydroxylation sites is 1. The zero-order chi connectivity index (χ0) is 13.1. The van der Waals surface area contributed by atoms with Gasteiger partial charge in [-0.2, -0.15) is 0 Å². The molecule has 1 aromatic carbocycles. The fourth-order valence-corrected chi connectivity index (χ4v) is 0.910. The van der Waals surface area contributed by atoms with E-state index in [0.717, 1.165) is 12.8 Å². The number of nitro groups is 1. The maximum absolute atomic E-state index is 10.1. The number of hydrogen-bond acceptors (Lipinski definition) is 4. The van der Waals surface area contributed by atoms with Gasteiger partial charge < -0.3 is 4.74 Å². The van der Waals surface area contributed by atoms with Gasteiger partial charge in [-0.05, 0) is 6.42 Å². The predicted octanol–water partition coefficient (Wildman–Crippen LogP) is 2.94. The molecule has 0 N–H and O–H groups in total. The van der Waals surface area contributed by atoms with Crippen molar-refractivity contribution in [1.29, 1.82) is 0 Å². The van der Waals surface area contributed by atoms with E-state index in [-0.39, 0.29) is 11.7 Å². The summed E-state index contributed by atoms with van der Waals surface area (Å²) >= 11 is 0. The molecule has 0 saturated heterocycles. The highest BCUT2D eigenvalue weighted by atomic mass is 16.6. The Labute approximate surface area is 101 Å². The summed E-state index contributed by atoms with van der Waals surface area (Å²) in [6, 6.07) is 7.93. The van der Waals surface area contributed by atoms with E-state index in [1.54, 1.807) is 18.2 Å². The van der Waals surface area contributed by atoms with Crippen molar-refractivity contribution < 1.29 is 14.5 Å². The Bertz CT molecular complexity index is 338. The minimum Gasteiger partial charge on any atom is -0.466 e. The molecule has 0 aliphatic rings. The first-order chi connectivity index (χ1) is 8.07. The SMILES string of the molecule is CCCCOC(C)=O.O=[N+]([O-])c1ccccc1. The fourth-order valence-electron chi connectivity index (χ4n) is 0.910. The minimum atomic E-state index is -0.417. The Balaban J connectivity index is 0.000000304. The van der Waals surface area contributed by atoms with Crippen molar-refractivity contribution in [3.05, 3.63) is 40.4 Å². The number of ether oxygens (including phenoxy) is 1. The van der Waals surface area contributed by atoms with Gasteiger partial charge in [0.2, 0.25) is 0 Å². The van der Waals surface area contributed by atoms with Gasteiger partial charge in [-0.15, -0.1) is 0 Å². The first-order valence-electron chi connectivity index (χ1n) is 5.40. The van der Waals surface area contributed by atoms with Gasteiger partial charge >= 0.3 is 5.97 Å². The largest absolute Gasteiger partial charge is 0.466 e. The first kappa shape index (κ1) is 15.1. The Morgan fingerprint density at radius 1 is 1.35 bits per heavy atom. The quantitative estimate of drug-likeness (QED) is 0.350. The van der Waals surface area contributed by atoms with Gasteiger partial charge in [-0.25, -0.2) is 0 Å². The monoisotopic (exact) mass is 239 g/mol. The number of rotatable bonds is 4. The topological polar surface area (TPSA) is 69.4 Å². The summed E-state index contributed by atoms with van der Waals surface area (Å²) in [7, 11) is 0. The van der Waals surface area contributed by atoms with Crippen LogP contribution in [0, 0.1) is 10.1 Å². The van der Waals surface area contributed by atoms with Gasteiger partial charge in [0.05, 0.1) is 11.5 Å². The van der Waals surface area contributed by atoms with Crippen molar-refractivity contribution in [3.8, 4) is 0 Å². The van der Waals surface area contributed by atoms with Crippen LogP contribution < -0.4 is 0 Å². The molecule has 0 aromatic heterocycles. The molecule has 1 aromatic rings. The second-order valence-corrected chi connectivity index (χ2v) is 3.29. The summed E-state index contributed by atoms with van der Waals surface area (Å²) in [5.41, 5.74) is 0.137. The fraction of sp³-hybridized carbons (Fsp3) is 0.417. The van der Waals surface area contributed by atoms with E-state index in [9.17, 15) is 14.9 Å². The summed E-state index contributed by atoms with van der Waals surface area (Å²) < 4.78 is 4.64. The van der Waals surface area contributed by atoms with Crippen LogP contribution >= 0.6 is 0 Å². The molecule has 0 bridgehead atoms. The first-order valence-corrected chi connectivity index (χ1v) is 5.40. The molecule has 0 aliphatic heterocycles. The number of carbonyl (C=O) groups excluding carboxylic acids is 1. The Morgan fingerprint density at radius 3 is 2.29 bits per heavy atom. The molecular formula is C12H17NO4. The maximum Gasteiger partial charge on any atom is 0.302 e. The van der Waals surface area contributed by atoms with E-state index in [1.165, 1.54) is 19.1 Å². The molecule has 5 nitrogen and oxygen atoms in total. The molecule has 0 saturated carbocycles. The molecule has 5 heteroatoms. The maximum atomic E-state index is 10.1. The standard InChI is InChI=1S/C6H5NO2.C6H12O2/c8-7(9)6-4-2-1-3-5-6;1-3-4-5-8-6(2)7/h1-5H;3-5H2,1-2H3. The Hall–Kier alpha value is -1.91. The molecule has 17 heavy (non-hydrogen) atoms. The normalized spacial score (nSPS) is 8.82. The third-order valence-electron chi connectivity index (χ3n) is 1.77. The molecule has 94 valence electrons. The highest BCUT2D eigenvalue weighted by molar-refractivity contribution is 5.65. The van der Waals surface area contributed by atoms with Crippen LogP contribution in [0.5, 0.6) is 0 Å². The molecule has 1 rings (SSSR count). The lowest BCUT2D eigenvalue weighted by Crippen LogP contribution is -1.99. The molecule has 0 spiro atoms. The van der Waals surface area contributed by atoms with Crippen LogP contribution in [0.15, 0.2) is 30.3 Å². The van der Waals surface area contributed by atoms with Crippen LogP contribution in [0.2, 0.25) is 0 Å². The van der Waals surface area contributed by atoms with E-state index >= 15 is 0 Å². The Kier molecular flexibility index (Phi) is 8.28. The third-order valence-corrected chi connectivity index (χ3v) is 1.77. The van der Waals surface area contributed by atoms with E-state index in [1.807, 2.05) is 0 Å². The summed E-state index contributed by atoms with van der Waals surface area (Å²) in [6.45, 7) is 4.06. The lowest BCUT2D eigenvalue weighted by Gasteiger charge is -1.96. The van der Waals surface area contributed by atoms with Gasteiger partial charge in [0.25, 0.3) is 5.69 Å². The van der Waals surface area contributed by atoms with Crippen molar-refractivity contribution in [3.63, 3.8) is 0 Å². The van der Waals surface area contributed by atoms with Crippen molar-refractivity contribution in [2.75, 3.05) is 6.61 Å². The molecule has 0 unspecified atom stereocenters. The van der Waals surface area contributed by atoms with Crippen LogP contribution in [0.4, 0.5) is 5.69 Å². The molecular weight excluding hydrogens is 222 g/mol. The van der Waals surface area contributed by atoms with Gasteiger partial charge in [0, 0.05) is 19.1 Å². The van der Waals surface area contributed by atoms with E-state index in [2.05, 4.69) is 11.7 Å². The summed E-state index contributed by atoms with van der Waals surface area (Å²) in [4.78, 5) is 19.7. The average Bonchev–Trinajstić information content (AvgIpc) is 2.31. The number of unbranched alkanes of at least 4 members (excludes halogenated alkanes) is 1. The van der Waals surface area contributed by atoms with Gasteiger partial charge in [-0.3, -0.25) is 14.9 Å². The van der Waals surface area contributed by atoms with Gasteiger partial charge in [-0.1, -0.05) is 31.5 Å². The number of esters is 1. The third kappa shape index (κ3) is 9.04. The van der Waals surface area contributed by atoms with Crippen LogP contribution in [0.25, 0.3) is 0 Å². The van der Waals surface area contributed by atoms with Crippen LogP contribution in [0.1, 0.15) is 26.7 Å². The number of non-ortho nitro benzene ring substituents is 1. The number of carbonyl (C=O) groups is 1. The number of hydrogen-bond donors (Lipinski definition) is 0. The van der Waals surface area contributed by atoms with Crippen molar-refractivity contribution in [2.24, 2.45) is 0 Å². The van der Waals surface area contributed by atoms with Crippen LogP contribution in [-0.4, -0.2) is 17.5 Å². The molecule has 0 radical (unpaired) electrons. The average molecular weight is 239 g/mol. The number of nitro benzene ring substituents is 1. The summed E-state index contributed by atoms with van der Waals surface area (Å²) in [5.74, 6) is -0.182. The second kappa shape index (κ2) is 9.33. The molecule has 0 atom stereocenters. The molecule has 0 heterocycles. The van der Waals surface area contributed by atoms with Crippen LogP contribution in [-0.2, 0) is 9.53 Å². The molecule has 0 fully saturated rings. The van der Waals surface area contributed by atoms with Crippen LogP contribution in [0.3, 0.4) is 0 Å². The smallest absolute Gasteiger partial charge is 0.302 e. The summed E-state index contributed by atoms with van der Waals surface area (Å²) in [5, 5.41) is 10.0. The highest BCUT2D eigenvalue weighted by Gasteiger charge is 1.98. The number of benzene rings is 1. The van der Waals surface area contributed by atoms with Crippen molar-refractivity contribution >= 4 is 11.7 Å². The molecule has 0 aliphatic carbocycles. The van der Waals surface area contributed by atoms with Gasteiger partial charge in [0.1, 0.15) is 0 Å². The summed E-state index contributed by atoms with van der Waals surface area (Å²) in [6.07, 6.45) is 2.05. The second-order valence-electron chi connectivity index (χ2n) is 3.29. The van der Waals surface area contributed by atoms with E-state index < -0.39 is 4.92 Å². The van der Waals surface area contributed by atoms with E-state index in [0.29, 0.717) is 6.61 Å². The molecule has 0 amide bonds. The van der Waals surface area contributed by atoms with Crippen molar-refractivity contribution in [2.45, 2.75) is 26.7 Å². The zero-order valence-corrected chi connectivity index (χ0v) is 10.1. The zero-order valence-electron chi connectivity index (χ0n) is 10.1. The highest BCUT2D eigenvalue weighted by Crippen LogP contribution is 2.06. The van der Waals surface area contributed by atoms with E-state index in [4.69, 9.17) is 0 Å². The Morgan fingerprint density at radius 2 is 1.94 bits per heavy atom. The minimum absolute atomic E-state index is 0.137. The lowest BCUT2D eigenvalue weighted by molar-refractivity contribution is -0.384. The predicted molar refractivity (Wildman–Crippen MR) is 64.6 cm³/mol. The van der Waals surface area contributed by atoms with Gasteiger partial charge in [0.15, 0.2) is 0 Å². The number of nitrogens with zero attached hydrogens (tertiary/aromatic N) is 1. The lowest BCUT2D eigenvalue weighted by atomic mass is 10.3.